The van der Waals surface area contributed by atoms with Crippen LogP contribution in [0.25, 0.3) is 0 Å². The minimum atomic E-state index is -0.345. The number of aliphatic hydroxyl groups excluding tert-OH is 1. The highest BCUT2D eigenvalue weighted by atomic mass is 16.6. The fourth-order valence-electron chi connectivity index (χ4n) is 1.22. The minimum absolute atomic E-state index is 0.0630. The molecule has 0 spiro atoms. The first-order chi connectivity index (χ1) is 8.17. The Labute approximate surface area is 101 Å². The Kier molecular flexibility index (Phi) is 5.49. The summed E-state index contributed by atoms with van der Waals surface area (Å²) in [5, 5.41) is 8.56. The molecule has 1 aromatic rings. The van der Waals surface area contributed by atoms with E-state index in [1.165, 1.54) is 0 Å². The van der Waals surface area contributed by atoms with Crippen molar-refractivity contribution < 1.29 is 19.4 Å². The summed E-state index contributed by atoms with van der Waals surface area (Å²) >= 11 is 0. The molecule has 1 unspecified atom stereocenters. The fourth-order valence-corrected chi connectivity index (χ4v) is 1.22. The molecule has 0 aliphatic carbocycles. The lowest BCUT2D eigenvalue weighted by Gasteiger charge is -2.09. The van der Waals surface area contributed by atoms with Gasteiger partial charge in [-0.25, -0.2) is 0 Å². The van der Waals surface area contributed by atoms with Gasteiger partial charge in [-0.05, 0) is 24.1 Å². The van der Waals surface area contributed by atoms with Crippen LogP contribution in [0.3, 0.4) is 0 Å². The van der Waals surface area contributed by atoms with Gasteiger partial charge in [-0.15, -0.1) is 0 Å². The Bertz CT molecular complexity index is 345. The highest BCUT2D eigenvalue weighted by Gasteiger charge is 2.11. The molecule has 0 saturated carbocycles. The predicted molar refractivity (Wildman–Crippen MR) is 63.4 cm³/mol. The third-order valence-electron chi connectivity index (χ3n) is 2.55. The van der Waals surface area contributed by atoms with Gasteiger partial charge in [0.2, 0.25) is 0 Å². The molecule has 0 radical (unpaired) electrons. The van der Waals surface area contributed by atoms with Crippen LogP contribution in [0.4, 0.5) is 0 Å². The van der Waals surface area contributed by atoms with E-state index >= 15 is 0 Å². The fraction of sp³-hybridized carbons (Fsp3) is 0.462. The Morgan fingerprint density at radius 3 is 2.53 bits per heavy atom. The van der Waals surface area contributed by atoms with E-state index in [-0.39, 0.29) is 25.3 Å². The molecule has 17 heavy (non-hydrogen) atoms. The maximum atomic E-state index is 11.4. The van der Waals surface area contributed by atoms with Crippen molar-refractivity contribution in [3.05, 3.63) is 29.8 Å². The lowest BCUT2D eigenvalue weighted by Crippen LogP contribution is -2.13. The molecule has 4 heteroatoms. The number of hydrogen-bond donors (Lipinski definition) is 1. The highest BCUT2D eigenvalue weighted by molar-refractivity contribution is 5.71. The molecule has 1 atom stereocenters. The molecular formula is C13H18O4. The van der Waals surface area contributed by atoms with Gasteiger partial charge < -0.3 is 14.6 Å². The SMILES string of the molecule is CCC(C)C(=O)OCc1ccc(OCO)cc1. The predicted octanol–water partition coefficient (Wildman–Crippen LogP) is 2.10. The zero-order chi connectivity index (χ0) is 12.7. The van der Waals surface area contributed by atoms with Crippen molar-refractivity contribution in [1.29, 1.82) is 0 Å². The van der Waals surface area contributed by atoms with Gasteiger partial charge in [0.15, 0.2) is 6.79 Å². The Hall–Kier alpha value is -1.55. The van der Waals surface area contributed by atoms with Crippen LogP contribution in [-0.2, 0) is 16.1 Å². The summed E-state index contributed by atoms with van der Waals surface area (Å²) in [6.07, 6.45) is 0.780. The van der Waals surface area contributed by atoms with E-state index in [0.29, 0.717) is 5.75 Å². The Morgan fingerprint density at radius 1 is 1.35 bits per heavy atom. The number of aliphatic hydroxyl groups is 1. The van der Waals surface area contributed by atoms with Crippen LogP contribution in [0.5, 0.6) is 5.75 Å². The van der Waals surface area contributed by atoms with E-state index in [9.17, 15) is 4.79 Å². The van der Waals surface area contributed by atoms with Crippen molar-refractivity contribution >= 4 is 5.97 Å². The standard InChI is InChI=1S/C13H18O4/c1-3-10(2)13(15)16-8-11-4-6-12(7-5-11)17-9-14/h4-7,10,14H,3,8-9H2,1-2H3. The van der Waals surface area contributed by atoms with Gasteiger partial charge in [0.1, 0.15) is 12.4 Å². The number of carbonyl (C=O) groups excluding carboxylic acids is 1. The average Bonchev–Trinajstić information content (AvgIpc) is 2.37. The maximum absolute atomic E-state index is 11.4. The summed E-state index contributed by atoms with van der Waals surface area (Å²) in [4.78, 5) is 11.4. The van der Waals surface area contributed by atoms with Gasteiger partial charge >= 0.3 is 5.97 Å². The van der Waals surface area contributed by atoms with Gasteiger partial charge in [0.25, 0.3) is 0 Å². The quantitative estimate of drug-likeness (QED) is 0.609. The van der Waals surface area contributed by atoms with E-state index in [0.717, 1.165) is 12.0 Å². The summed E-state index contributed by atoms with van der Waals surface area (Å²) in [5.74, 6) is 0.347. The first-order valence-corrected chi connectivity index (χ1v) is 5.66. The van der Waals surface area contributed by atoms with Crippen molar-refractivity contribution in [3.63, 3.8) is 0 Å². The minimum Gasteiger partial charge on any atom is -0.468 e. The first kappa shape index (κ1) is 13.5. The van der Waals surface area contributed by atoms with Crippen LogP contribution in [0.2, 0.25) is 0 Å². The van der Waals surface area contributed by atoms with Gasteiger partial charge in [-0.1, -0.05) is 26.0 Å². The molecular weight excluding hydrogens is 220 g/mol. The first-order valence-electron chi connectivity index (χ1n) is 5.66. The smallest absolute Gasteiger partial charge is 0.308 e. The van der Waals surface area contributed by atoms with Crippen LogP contribution < -0.4 is 4.74 Å². The number of ether oxygens (including phenoxy) is 2. The van der Waals surface area contributed by atoms with Crippen molar-refractivity contribution in [1.82, 2.24) is 0 Å². The molecule has 0 aromatic heterocycles. The molecule has 0 aliphatic heterocycles. The molecule has 0 fully saturated rings. The van der Waals surface area contributed by atoms with Crippen molar-refractivity contribution in [2.24, 2.45) is 5.92 Å². The van der Waals surface area contributed by atoms with Crippen LogP contribution in [0, 0.1) is 5.92 Å². The van der Waals surface area contributed by atoms with Crippen LogP contribution in [0.15, 0.2) is 24.3 Å². The zero-order valence-electron chi connectivity index (χ0n) is 10.2. The molecule has 1 N–H and O–H groups in total. The van der Waals surface area contributed by atoms with Crippen molar-refractivity contribution in [3.8, 4) is 5.75 Å². The number of hydrogen-bond acceptors (Lipinski definition) is 4. The van der Waals surface area contributed by atoms with E-state index < -0.39 is 0 Å². The van der Waals surface area contributed by atoms with Crippen LogP contribution in [-0.4, -0.2) is 17.9 Å². The van der Waals surface area contributed by atoms with Crippen molar-refractivity contribution in [2.75, 3.05) is 6.79 Å². The van der Waals surface area contributed by atoms with Gasteiger partial charge in [-0.3, -0.25) is 4.79 Å². The van der Waals surface area contributed by atoms with E-state index in [2.05, 4.69) is 0 Å². The zero-order valence-corrected chi connectivity index (χ0v) is 10.2. The number of rotatable bonds is 6. The molecule has 0 saturated heterocycles. The highest BCUT2D eigenvalue weighted by Crippen LogP contribution is 2.13. The number of carbonyl (C=O) groups is 1. The molecule has 1 aromatic carbocycles. The molecule has 0 amide bonds. The summed E-state index contributed by atoms with van der Waals surface area (Å²) in [7, 11) is 0. The van der Waals surface area contributed by atoms with E-state index in [1.54, 1.807) is 24.3 Å². The second kappa shape index (κ2) is 6.91. The van der Waals surface area contributed by atoms with Crippen molar-refractivity contribution in [2.45, 2.75) is 26.9 Å². The second-order valence-electron chi connectivity index (χ2n) is 3.83. The molecule has 0 bridgehead atoms. The van der Waals surface area contributed by atoms with E-state index in [4.69, 9.17) is 14.6 Å². The van der Waals surface area contributed by atoms with Gasteiger partial charge in [0, 0.05) is 0 Å². The maximum Gasteiger partial charge on any atom is 0.308 e. The van der Waals surface area contributed by atoms with Crippen LogP contribution >= 0.6 is 0 Å². The van der Waals surface area contributed by atoms with Crippen LogP contribution in [0.1, 0.15) is 25.8 Å². The van der Waals surface area contributed by atoms with Gasteiger partial charge in [0.05, 0.1) is 5.92 Å². The average molecular weight is 238 g/mol. The summed E-state index contributed by atoms with van der Waals surface area (Å²) in [6, 6.07) is 7.05. The largest absolute Gasteiger partial charge is 0.468 e. The van der Waals surface area contributed by atoms with E-state index in [1.807, 2.05) is 13.8 Å². The topological polar surface area (TPSA) is 55.8 Å². The summed E-state index contributed by atoms with van der Waals surface area (Å²) in [6.45, 7) is 3.72. The number of esters is 1. The molecule has 0 heterocycles. The Balaban J connectivity index is 2.44. The van der Waals surface area contributed by atoms with Gasteiger partial charge in [-0.2, -0.15) is 0 Å². The normalized spacial score (nSPS) is 11.9. The lowest BCUT2D eigenvalue weighted by atomic mass is 10.1. The molecule has 0 aliphatic rings. The molecule has 94 valence electrons. The lowest BCUT2D eigenvalue weighted by molar-refractivity contribution is -0.149. The summed E-state index contributed by atoms with van der Waals surface area (Å²) in [5.41, 5.74) is 0.895. The number of benzene rings is 1. The summed E-state index contributed by atoms with van der Waals surface area (Å²) < 4.78 is 10.0. The second-order valence-corrected chi connectivity index (χ2v) is 3.83. The third kappa shape index (κ3) is 4.44. The third-order valence-corrected chi connectivity index (χ3v) is 2.55. The molecule has 4 nitrogen and oxygen atoms in total. The monoisotopic (exact) mass is 238 g/mol. The molecule has 1 rings (SSSR count). The Morgan fingerprint density at radius 2 is 2.00 bits per heavy atom.